The van der Waals surface area contributed by atoms with Crippen LogP contribution in [0.15, 0.2) is 46.9 Å². The normalized spacial score (nSPS) is 11.8. The summed E-state index contributed by atoms with van der Waals surface area (Å²) in [5.74, 6) is 0.932. The second-order valence-corrected chi connectivity index (χ2v) is 6.63. The lowest BCUT2D eigenvalue weighted by Crippen LogP contribution is -2.20. The van der Waals surface area contributed by atoms with Gasteiger partial charge in [-0.3, -0.25) is 4.79 Å². The summed E-state index contributed by atoms with van der Waals surface area (Å²) >= 11 is 9.31. The van der Waals surface area contributed by atoms with Gasteiger partial charge in [-0.2, -0.15) is 0 Å². The van der Waals surface area contributed by atoms with Crippen LogP contribution in [0.5, 0.6) is 5.75 Å². The van der Waals surface area contributed by atoms with E-state index in [1.165, 1.54) is 5.56 Å². The van der Waals surface area contributed by atoms with Crippen LogP contribution in [-0.4, -0.2) is 12.5 Å². The van der Waals surface area contributed by atoms with E-state index < -0.39 is 0 Å². The quantitative estimate of drug-likeness (QED) is 0.687. The molecule has 1 N–H and O–H groups in total. The summed E-state index contributed by atoms with van der Waals surface area (Å²) < 4.78 is 6.43. The minimum absolute atomic E-state index is 0.0517. The number of hydrogen-bond acceptors (Lipinski definition) is 2. The first-order valence-corrected chi connectivity index (χ1v) is 8.64. The molecule has 0 saturated carbocycles. The van der Waals surface area contributed by atoms with Crippen LogP contribution >= 0.6 is 27.5 Å². The van der Waals surface area contributed by atoms with Crippen molar-refractivity contribution in [2.24, 2.45) is 0 Å². The molecule has 0 aliphatic rings. The van der Waals surface area contributed by atoms with Gasteiger partial charge in [-0.25, -0.2) is 0 Å². The highest BCUT2D eigenvalue weighted by atomic mass is 79.9. The molecule has 2 aromatic carbocycles. The number of rotatable bonds is 6. The van der Waals surface area contributed by atoms with E-state index in [4.69, 9.17) is 16.3 Å². The molecule has 0 fully saturated rings. The third-order valence-electron chi connectivity index (χ3n) is 3.62. The zero-order valence-electron chi connectivity index (χ0n) is 13.1. The molecule has 0 spiro atoms. The van der Waals surface area contributed by atoms with E-state index in [0.29, 0.717) is 22.4 Å². The zero-order valence-corrected chi connectivity index (χ0v) is 15.4. The molecular weight excluding hydrogens is 378 g/mol. The summed E-state index contributed by atoms with van der Waals surface area (Å²) in [5.41, 5.74) is 1.94. The maximum Gasteiger partial charge on any atom is 0.262 e. The molecule has 0 radical (unpaired) electrons. The van der Waals surface area contributed by atoms with Crippen molar-refractivity contribution in [1.29, 1.82) is 0 Å². The SMILES string of the molecule is CCC(C)c1ccc(OCC(=O)Nc2ccc(Cl)cc2)c(Br)c1. The molecule has 1 amide bonds. The summed E-state index contributed by atoms with van der Waals surface area (Å²) in [6.07, 6.45) is 1.08. The Kier molecular flexibility index (Phi) is 6.48. The van der Waals surface area contributed by atoms with Crippen LogP contribution in [0.25, 0.3) is 0 Å². The topological polar surface area (TPSA) is 38.3 Å². The fourth-order valence-electron chi connectivity index (χ4n) is 2.05. The molecule has 23 heavy (non-hydrogen) atoms. The largest absolute Gasteiger partial charge is 0.483 e. The highest BCUT2D eigenvalue weighted by Gasteiger charge is 2.09. The van der Waals surface area contributed by atoms with E-state index >= 15 is 0 Å². The van der Waals surface area contributed by atoms with Crippen molar-refractivity contribution in [2.45, 2.75) is 26.2 Å². The van der Waals surface area contributed by atoms with Gasteiger partial charge < -0.3 is 10.1 Å². The summed E-state index contributed by atoms with van der Waals surface area (Å²) in [7, 11) is 0. The molecule has 0 saturated heterocycles. The third kappa shape index (κ3) is 5.26. The van der Waals surface area contributed by atoms with Crippen molar-refractivity contribution < 1.29 is 9.53 Å². The molecule has 5 heteroatoms. The predicted molar refractivity (Wildman–Crippen MR) is 98.4 cm³/mol. The van der Waals surface area contributed by atoms with E-state index in [9.17, 15) is 4.79 Å². The number of carbonyl (C=O) groups excluding carboxylic acids is 1. The number of carbonyl (C=O) groups is 1. The van der Waals surface area contributed by atoms with Gasteiger partial charge >= 0.3 is 0 Å². The van der Waals surface area contributed by atoms with E-state index in [1.807, 2.05) is 18.2 Å². The fraction of sp³-hybridized carbons (Fsp3) is 0.278. The van der Waals surface area contributed by atoms with Gasteiger partial charge in [0.15, 0.2) is 6.61 Å². The number of anilines is 1. The fourth-order valence-corrected chi connectivity index (χ4v) is 2.69. The number of halogens is 2. The molecule has 122 valence electrons. The van der Waals surface area contributed by atoms with Gasteiger partial charge in [-0.15, -0.1) is 0 Å². The van der Waals surface area contributed by atoms with Crippen LogP contribution < -0.4 is 10.1 Å². The van der Waals surface area contributed by atoms with E-state index in [2.05, 4.69) is 35.1 Å². The Labute approximate surface area is 150 Å². The number of hydrogen-bond donors (Lipinski definition) is 1. The Hall–Kier alpha value is -1.52. The zero-order chi connectivity index (χ0) is 16.8. The molecule has 1 atom stereocenters. The lowest BCUT2D eigenvalue weighted by atomic mass is 9.99. The standard InChI is InChI=1S/C18H19BrClNO2/c1-3-12(2)13-4-9-17(16(19)10-13)23-11-18(22)21-15-7-5-14(20)6-8-15/h4-10,12H,3,11H2,1-2H3,(H,21,22). The van der Waals surface area contributed by atoms with Crippen molar-refractivity contribution in [3.8, 4) is 5.75 Å². The van der Waals surface area contributed by atoms with Gasteiger partial charge in [0.25, 0.3) is 5.91 Å². The van der Waals surface area contributed by atoms with Crippen LogP contribution in [0.4, 0.5) is 5.69 Å². The maximum absolute atomic E-state index is 11.9. The molecule has 0 heterocycles. The molecule has 0 bridgehead atoms. The first-order valence-electron chi connectivity index (χ1n) is 7.47. The summed E-state index contributed by atoms with van der Waals surface area (Å²) in [6, 6.07) is 12.9. The van der Waals surface area contributed by atoms with Crippen LogP contribution in [0, 0.1) is 0 Å². The summed E-state index contributed by atoms with van der Waals surface area (Å²) in [6.45, 7) is 4.29. The number of benzene rings is 2. The average Bonchev–Trinajstić information content (AvgIpc) is 2.55. The van der Waals surface area contributed by atoms with Crippen molar-refractivity contribution >= 4 is 39.1 Å². The van der Waals surface area contributed by atoms with Gasteiger partial charge in [0, 0.05) is 10.7 Å². The Balaban J connectivity index is 1.92. The first-order chi connectivity index (χ1) is 11.0. The Morgan fingerprint density at radius 2 is 1.96 bits per heavy atom. The van der Waals surface area contributed by atoms with E-state index in [0.717, 1.165) is 10.9 Å². The van der Waals surface area contributed by atoms with Crippen molar-refractivity contribution in [3.63, 3.8) is 0 Å². The first kappa shape index (κ1) is 17.8. The third-order valence-corrected chi connectivity index (χ3v) is 4.50. The highest BCUT2D eigenvalue weighted by Crippen LogP contribution is 2.30. The average molecular weight is 397 g/mol. The van der Waals surface area contributed by atoms with Crippen molar-refractivity contribution in [2.75, 3.05) is 11.9 Å². The molecule has 2 rings (SSSR count). The molecule has 1 unspecified atom stereocenters. The Bertz CT molecular complexity index is 673. The molecule has 0 aliphatic carbocycles. The van der Waals surface area contributed by atoms with Crippen LogP contribution in [0.1, 0.15) is 31.7 Å². The number of nitrogens with one attached hydrogen (secondary N) is 1. The summed E-state index contributed by atoms with van der Waals surface area (Å²) in [4.78, 5) is 11.9. The Morgan fingerprint density at radius 3 is 2.57 bits per heavy atom. The molecule has 3 nitrogen and oxygen atoms in total. The van der Waals surface area contributed by atoms with Crippen molar-refractivity contribution in [3.05, 3.63) is 57.5 Å². The lowest BCUT2D eigenvalue weighted by molar-refractivity contribution is -0.118. The van der Waals surface area contributed by atoms with Crippen LogP contribution in [0.2, 0.25) is 5.02 Å². The summed E-state index contributed by atoms with van der Waals surface area (Å²) in [5, 5.41) is 3.39. The van der Waals surface area contributed by atoms with Gasteiger partial charge in [0.1, 0.15) is 5.75 Å². The predicted octanol–water partition coefficient (Wildman–Crippen LogP) is 5.63. The van der Waals surface area contributed by atoms with Gasteiger partial charge in [0.05, 0.1) is 4.47 Å². The second-order valence-electron chi connectivity index (χ2n) is 5.34. The van der Waals surface area contributed by atoms with Gasteiger partial charge in [0.2, 0.25) is 0 Å². The van der Waals surface area contributed by atoms with Crippen LogP contribution in [-0.2, 0) is 4.79 Å². The van der Waals surface area contributed by atoms with E-state index in [1.54, 1.807) is 24.3 Å². The monoisotopic (exact) mass is 395 g/mol. The smallest absolute Gasteiger partial charge is 0.262 e. The van der Waals surface area contributed by atoms with Crippen molar-refractivity contribution in [1.82, 2.24) is 0 Å². The highest BCUT2D eigenvalue weighted by molar-refractivity contribution is 9.10. The minimum atomic E-state index is -0.217. The lowest BCUT2D eigenvalue weighted by Gasteiger charge is -2.13. The number of ether oxygens (including phenoxy) is 1. The van der Waals surface area contributed by atoms with E-state index in [-0.39, 0.29) is 12.5 Å². The molecule has 2 aromatic rings. The molecule has 0 aromatic heterocycles. The Morgan fingerprint density at radius 1 is 1.26 bits per heavy atom. The molecule has 0 aliphatic heterocycles. The minimum Gasteiger partial charge on any atom is -0.483 e. The number of amides is 1. The van der Waals surface area contributed by atoms with Gasteiger partial charge in [-0.05, 0) is 70.2 Å². The van der Waals surface area contributed by atoms with Gasteiger partial charge in [-0.1, -0.05) is 31.5 Å². The second kappa shape index (κ2) is 8.37. The molecular formula is C18H19BrClNO2. The maximum atomic E-state index is 11.9. The van der Waals surface area contributed by atoms with Crippen LogP contribution in [0.3, 0.4) is 0 Å².